The molecule has 2 heterocycles. The summed E-state index contributed by atoms with van der Waals surface area (Å²) in [6.07, 6.45) is 4.70. The van der Waals surface area contributed by atoms with Gasteiger partial charge in [-0.2, -0.15) is 6.41 Å². The Morgan fingerprint density at radius 3 is 2.69 bits per heavy atom. The molecule has 9 heteroatoms. The number of carbonyl (C=O) groups is 2. The number of amides is 1. The molecule has 0 spiro atoms. The molecule has 0 aliphatic rings. The molecular weight excluding hydrogens is 583 g/mol. The molecule has 2 N–H and O–H groups in total. The van der Waals surface area contributed by atoms with Crippen molar-refractivity contribution < 1.29 is 24.2 Å². The van der Waals surface area contributed by atoms with Gasteiger partial charge in [0.25, 0.3) is 0 Å². The van der Waals surface area contributed by atoms with E-state index >= 15 is 0 Å². The van der Waals surface area contributed by atoms with E-state index in [0.717, 1.165) is 0 Å². The van der Waals surface area contributed by atoms with Crippen LogP contribution in [-0.2, 0) is 32.1 Å². The summed E-state index contributed by atoms with van der Waals surface area (Å²) >= 11 is 0. The summed E-state index contributed by atoms with van der Waals surface area (Å²) in [6, 6.07) is 2.39. The standard InChI is InChI=1S/C17H20N3O5.Fm/c1-17(2,3)25-14(22)9-20-8-11(7-13(16(23)24)19-10-21)12-5-4-6-18-15(12)20;/h4-6,8,13H,7,9H2,1-3H3,(H,19,21)(H,23,24);/q-1;. The van der Waals surface area contributed by atoms with Crippen molar-refractivity contribution in [3.8, 4) is 0 Å². The molecule has 1 amide bonds. The minimum Gasteiger partial charge on any atom is -0.520 e. The number of hydrogen-bond acceptors (Lipinski definition) is 5. The molecule has 0 radical (unpaired) electrons. The molecule has 2 aromatic heterocycles. The van der Waals surface area contributed by atoms with Crippen LogP contribution in [0.3, 0.4) is 0 Å². The van der Waals surface area contributed by atoms with Crippen LogP contribution in [0.4, 0.5) is 0 Å². The maximum Gasteiger partial charge on any atom is 0.326 e. The number of carboxylic acids is 1. The Morgan fingerprint density at radius 2 is 2.12 bits per heavy atom. The van der Waals surface area contributed by atoms with E-state index in [0.29, 0.717) is 16.6 Å². The van der Waals surface area contributed by atoms with E-state index in [-0.39, 0.29) is 13.0 Å². The van der Waals surface area contributed by atoms with Crippen molar-refractivity contribution in [2.45, 2.75) is 45.4 Å². The van der Waals surface area contributed by atoms with Crippen LogP contribution in [0, 0.1) is 0 Å². The molecule has 0 bridgehead atoms. The number of aromatic nitrogens is 2. The minimum absolute atomic E-state index is 0. The maximum absolute atomic E-state index is 12.1. The summed E-state index contributed by atoms with van der Waals surface area (Å²) in [7, 11) is 0. The third-order valence-corrected chi connectivity index (χ3v) is 3.39. The van der Waals surface area contributed by atoms with Gasteiger partial charge in [-0.3, -0.25) is 9.59 Å². The van der Waals surface area contributed by atoms with Crippen molar-refractivity contribution in [1.82, 2.24) is 14.9 Å². The van der Waals surface area contributed by atoms with Gasteiger partial charge in [0.05, 0.1) is 0 Å². The molecule has 8 nitrogen and oxygen atoms in total. The number of ether oxygens (including phenoxy) is 1. The summed E-state index contributed by atoms with van der Waals surface area (Å²) in [5, 5.41) is 12.0. The van der Waals surface area contributed by atoms with Crippen molar-refractivity contribution >= 4 is 29.4 Å². The Labute approximate surface area is 144 Å². The smallest absolute Gasteiger partial charge is 0.326 e. The molecular formula is C17H20FmN3O5-. The number of aliphatic carboxylic acids is 1. The summed E-state index contributed by atoms with van der Waals surface area (Å²) < 4.78 is 6.93. The molecule has 2 aromatic rings. The number of nitrogens with zero attached hydrogens (tertiary/aromatic N) is 2. The Morgan fingerprint density at radius 1 is 1.42 bits per heavy atom. The molecule has 0 fully saturated rings. The second-order valence-electron chi connectivity index (χ2n) is 6.58. The van der Waals surface area contributed by atoms with Gasteiger partial charge in [0.2, 0.25) is 0 Å². The van der Waals surface area contributed by atoms with E-state index < -0.39 is 23.6 Å². The van der Waals surface area contributed by atoms with E-state index in [9.17, 15) is 19.5 Å². The zero-order valence-electron chi connectivity index (χ0n) is 14.6. The average Bonchev–Trinajstić information content (AvgIpc) is 2.83. The predicted molar refractivity (Wildman–Crippen MR) is 89.5 cm³/mol. The van der Waals surface area contributed by atoms with Gasteiger partial charge in [0.1, 0.15) is 23.8 Å². The summed E-state index contributed by atoms with van der Waals surface area (Å²) in [5.74, 6) is -1.59. The molecule has 0 saturated heterocycles. The normalized spacial score (nSPS) is 12.1. The minimum atomic E-state index is -1.17. The van der Waals surface area contributed by atoms with Gasteiger partial charge in [-0.25, -0.2) is 4.98 Å². The van der Waals surface area contributed by atoms with Gasteiger partial charge in [0.15, 0.2) is 0 Å². The van der Waals surface area contributed by atoms with E-state index in [1.807, 2.05) is 0 Å². The molecule has 0 saturated carbocycles. The Bertz CT molecular complexity index is 797. The van der Waals surface area contributed by atoms with Crippen LogP contribution in [0.5, 0.6) is 0 Å². The van der Waals surface area contributed by atoms with Crippen LogP contribution in [0.2, 0.25) is 0 Å². The third kappa shape index (κ3) is 4.80. The summed E-state index contributed by atoms with van der Waals surface area (Å²) in [6.45, 7) is 5.29. The van der Waals surface area contributed by atoms with Crippen LogP contribution in [0.15, 0.2) is 24.5 Å². The second kappa shape index (κ2) is 7.78. The SMILES string of the molecule is CC(C)(C)OC(=O)Cn1cc(CC(N[C-]=O)C(=O)O)c2cccnc21.[Fm]. The molecule has 146 valence electrons. The third-order valence-electron chi connectivity index (χ3n) is 3.39. The van der Waals surface area contributed by atoms with Crippen molar-refractivity contribution in [2.75, 3.05) is 0 Å². The number of hydrogen-bond donors (Lipinski definition) is 2. The van der Waals surface area contributed by atoms with Crippen molar-refractivity contribution in [1.29, 1.82) is 0 Å². The first-order valence-corrected chi connectivity index (χ1v) is 7.71. The quantitative estimate of drug-likeness (QED) is 0.278. The molecule has 0 aliphatic heterocycles. The zero-order chi connectivity index (χ0) is 18.6. The summed E-state index contributed by atoms with van der Waals surface area (Å²) in [4.78, 5) is 38.1. The monoisotopic (exact) mass is 603 g/mol. The molecule has 0 aliphatic carbocycles. The Balaban J connectivity index is 0.00000338. The van der Waals surface area contributed by atoms with Gasteiger partial charge in [-0.1, -0.05) is 0 Å². The number of esters is 1. The predicted octanol–water partition coefficient (Wildman–Crippen LogP) is 1.03. The van der Waals surface area contributed by atoms with Crippen molar-refractivity contribution in [3.63, 3.8) is 0 Å². The number of carbonyl (C=O) groups excluding carboxylic acids is 2. The molecule has 1 atom stereocenters. The fourth-order valence-corrected chi connectivity index (χ4v) is 2.48. The van der Waals surface area contributed by atoms with Crippen LogP contribution in [0.1, 0.15) is 26.3 Å². The molecule has 0 aromatic carbocycles. The average molecular weight is 603 g/mol. The fourth-order valence-electron chi connectivity index (χ4n) is 2.48. The second-order valence-corrected chi connectivity index (χ2v) is 6.58. The fraction of sp³-hybridized carbons (Fsp3) is 0.412. The molecule has 26 heavy (non-hydrogen) atoms. The Hall–Kier alpha value is -3.90. The van der Waals surface area contributed by atoms with Crippen LogP contribution >= 0.6 is 0 Å². The number of rotatable bonds is 7. The number of fused-ring (bicyclic) bond motifs is 1. The zero-order valence-corrected chi connectivity index (χ0v) is 17.0. The van der Waals surface area contributed by atoms with Crippen LogP contribution in [-0.4, -0.2) is 44.6 Å². The molecule has 2 rings (SSSR count). The topological polar surface area (TPSA) is 111 Å². The van der Waals surface area contributed by atoms with E-state index in [2.05, 4.69) is 10.3 Å². The first kappa shape index (κ1) is 20.1. The first-order chi connectivity index (χ1) is 11.7. The number of carboxylic acid groups (broad SMARTS) is 1. The molecule has 1 unspecified atom stereocenters. The van der Waals surface area contributed by atoms with E-state index in [4.69, 9.17) is 4.74 Å². The number of nitrogens with one attached hydrogen (secondary N) is 1. The van der Waals surface area contributed by atoms with Gasteiger partial charge in [-0.05, 0) is 38.5 Å². The first-order valence-electron chi connectivity index (χ1n) is 7.71. The van der Waals surface area contributed by atoms with E-state index in [1.165, 1.54) is 6.41 Å². The van der Waals surface area contributed by atoms with Crippen LogP contribution in [0.25, 0.3) is 11.0 Å². The Kier molecular flexibility index (Phi) is 6.03. The maximum atomic E-state index is 12.1. The van der Waals surface area contributed by atoms with Gasteiger partial charge < -0.3 is 24.5 Å². The van der Waals surface area contributed by atoms with Crippen molar-refractivity contribution in [2.24, 2.45) is 0 Å². The van der Waals surface area contributed by atoms with Crippen molar-refractivity contribution in [3.05, 3.63) is 30.1 Å². The number of pyridine rings is 1. The van der Waals surface area contributed by atoms with Crippen LogP contribution < -0.4 is 5.32 Å². The van der Waals surface area contributed by atoms with Gasteiger partial charge in [0, 0.05) is 24.2 Å². The van der Waals surface area contributed by atoms with Gasteiger partial charge in [-0.15, -0.1) is 0 Å². The van der Waals surface area contributed by atoms with Gasteiger partial charge >= 0.3 is 11.9 Å². The van der Waals surface area contributed by atoms with E-state index in [1.54, 1.807) is 49.9 Å². The largest absolute Gasteiger partial charge is 0.520 e. The summed E-state index contributed by atoms with van der Waals surface area (Å²) in [5.41, 5.74) is 0.596.